The quantitative estimate of drug-likeness (QED) is 0.929. The molecule has 2 unspecified atom stereocenters. The molecule has 0 aromatic carbocycles. The molecule has 1 aliphatic rings. The molecule has 1 aliphatic heterocycles. The van der Waals surface area contributed by atoms with Crippen molar-refractivity contribution in [3.8, 4) is 11.6 Å². The van der Waals surface area contributed by atoms with Gasteiger partial charge in [0.05, 0.1) is 12.8 Å². The molecule has 2 atom stereocenters. The number of nitrogens with zero attached hydrogens (tertiary/aromatic N) is 3. The molecule has 0 saturated carbocycles. The summed E-state index contributed by atoms with van der Waals surface area (Å²) in [5, 5.41) is 3.93. The van der Waals surface area contributed by atoms with E-state index in [1.54, 1.807) is 12.3 Å². The lowest BCUT2D eigenvalue weighted by molar-refractivity contribution is 0.218. The minimum Gasteiger partial charge on any atom is -0.461 e. The van der Waals surface area contributed by atoms with E-state index < -0.39 is 0 Å². The molecule has 0 radical (unpaired) electrons. The summed E-state index contributed by atoms with van der Waals surface area (Å²) in [6.45, 7) is 4.61. The molecule has 0 spiro atoms. The average molecular weight is 299 g/mol. The Kier molecular flexibility index (Phi) is 4.80. The molecule has 6 nitrogen and oxygen atoms in total. The highest BCUT2D eigenvalue weighted by Crippen LogP contribution is 2.24. The number of aromatic nitrogens is 2. The molecule has 0 aliphatic carbocycles. The van der Waals surface area contributed by atoms with Crippen molar-refractivity contribution in [2.24, 2.45) is 11.7 Å². The van der Waals surface area contributed by atoms with Gasteiger partial charge in [-0.1, -0.05) is 5.16 Å². The van der Waals surface area contributed by atoms with Crippen LogP contribution >= 0.6 is 12.4 Å². The van der Waals surface area contributed by atoms with Gasteiger partial charge in [-0.25, -0.2) is 0 Å². The average Bonchev–Trinajstić information content (AvgIpc) is 3.11. The molecule has 3 heterocycles. The van der Waals surface area contributed by atoms with E-state index in [1.807, 2.05) is 6.07 Å². The standard InChI is InChI=1S/C13H18N4O2.ClH/c1-9-5-10(6-14)7-17(9)8-12-15-13(16-19-12)11-3-2-4-18-11;/h2-4,9-10H,5-8,14H2,1H3;1H. The Hall–Kier alpha value is -1.37. The lowest BCUT2D eigenvalue weighted by Crippen LogP contribution is -2.27. The highest BCUT2D eigenvalue weighted by Gasteiger charge is 2.29. The molecular formula is C13H19ClN4O2. The Labute approximate surface area is 123 Å². The van der Waals surface area contributed by atoms with E-state index in [1.165, 1.54) is 0 Å². The van der Waals surface area contributed by atoms with Gasteiger partial charge in [0.1, 0.15) is 0 Å². The van der Waals surface area contributed by atoms with Crippen LogP contribution in [0.2, 0.25) is 0 Å². The maximum atomic E-state index is 5.73. The van der Waals surface area contributed by atoms with Crippen LogP contribution in [0.4, 0.5) is 0 Å². The van der Waals surface area contributed by atoms with Gasteiger partial charge in [0.25, 0.3) is 0 Å². The lowest BCUT2D eigenvalue weighted by atomic mass is 10.1. The van der Waals surface area contributed by atoms with Gasteiger partial charge in [-0.05, 0) is 37.9 Å². The molecule has 1 fully saturated rings. The van der Waals surface area contributed by atoms with Crippen molar-refractivity contribution in [2.45, 2.75) is 25.9 Å². The number of rotatable bonds is 4. The second-order valence-electron chi connectivity index (χ2n) is 5.10. The molecule has 0 amide bonds. The van der Waals surface area contributed by atoms with E-state index in [0.717, 1.165) is 19.5 Å². The summed E-state index contributed by atoms with van der Waals surface area (Å²) in [6.07, 6.45) is 2.73. The fourth-order valence-corrected chi connectivity index (χ4v) is 2.61. The molecule has 2 aromatic rings. The van der Waals surface area contributed by atoms with E-state index in [4.69, 9.17) is 14.7 Å². The van der Waals surface area contributed by atoms with Gasteiger partial charge in [0.2, 0.25) is 11.7 Å². The first-order valence-electron chi connectivity index (χ1n) is 6.57. The second-order valence-corrected chi connectivity index (χ2v) is 5.10. The highest BCUT2D eigenvalue weighted by molar-refractivity contribution is 5.85. The van der Waals surface area contributed by atoms with Crippen LogP contribution < -0.4 is 5.73 Å². The number of hydrogen-bond acceptors (Lipinski definition) is 6. The first kappa shape index (κ1) is 15.0. The maximum absolute atomic E-state index is 5.73. The fraction of sp³-hybridized carbons (Fsp3) is 0.538. The van der Waals surface area contributed by atoms with Gasteiger partial charge in [-0.15, -0.1) is 12.4 Å². The predicted octanol–water partition coefficient (Wildman–Crippen LogP) is 1.92. The van der Waals surface area contributed by atoms with E-state index >= 15 is 0 Å². The van der Waals surface area contributed by atoms with Gasteiger partial charge in [0, 0.05) is 12.6 Å². The zero-order chi connectivity index (χ0) is 13.2. The summed E-state index contributed by atoms with van der Waals surface area (Å²) >= 11 is 0. The molecule has 2 aromatic heterocycles. The molecule has 2 N–H and O–H groups in total. The molecule has 110 valence electrons. The van der Waals surface area contributed by atoms with Gasteiger partial charge in [-0.2, -0.15) is 4.98 Å². The highest BCUT2D eigenvalue weighted by atomic mass is 35.5. The second kappa shape index (κ2) is 6.39. The van der Waals surface area contributed by atoms with Crippen molar-refractivity contribution in [1.29, 1.82) is 0 Å². The number of nitrogens with two attached hydrogens (primary N) is 1. The van der Waals surface area contributed by atoms with Gasteiger partial charge < -0.3 is 14.7 Å². The SMILES string of the molecule is CC1CC(CN)CN1Cc1nc(-c2ccco2)no1.Cl. The van der Waals surface area contributed by atoms with Crippen LogP contribution in [-0.2, 0) is 6.54 Å². The third-order valence-corrected chi connectivity index (χ3v) is 3.67. The Morgan fingerprint density at radius 2 is 2.35 bits per heavy atom. The van der Waals surface area contributed by atoms with Crippen molar-refractivity contribution < 1.29 is 8.94 Å². The Balaban J connectivity index is 0.00000147. The molecule has 3 rings (SSSR count). The molecular weight excluding hydrogens is 280 g/mol. The molecule has 0 bridgehead atoms. The van der Waals surface area contributed by atoms with E-state index in [0.29, 0.717) is 36.0 Å². The van der Waals surface area contributed by atoms with E-state index in [-0.39, 0.29) is 12.4 Å². The van der Waals surface area contributed by atoms with Crippen LogP contribution in [0.5, 0.6) is 0 Å². The van der Waals surface area contributed by atoms with Crippen LogP contribution in [0.15, 0.2) is 27.3 Å². The van der Waals surface area contributed by atoms with E-state index in [2.05, 4.69) is 22.0 Å². The van der Waals surface area contributed by atoms with Gasteiger partial charge >= 0.3 is 0 Å². The Bertz CT molecular complexity index is 528. The third kappa shape index (κ3) is 3.03. The Morgan fingerprint density at radius 1 is 1.50 bits per heavy atom. The number of halogens is 1. The topological polar surface area (TPSA) is 81.3 Å². The van der Waals surface area contributed by atoms with Crippen LogP contribution in [0, 0.1) is 5.92 Å². The predicted molar refractivity (Wildman–Crippen MR) is 76.3 cm³/mol. The minimum atomic E-state index is 0. The zero-order valence-electron chi connectivity index (χ0n) is 11.4. The number of hydrogen-bond donors (Lipinski definition) is 1. The van der Waals surface area contributed by atoms with Crippen LogP contribution in [-0.4, -0.2) is 34.2 Å². The minimum absolute atomic E-state index is 0. The van der Waals surface area contributed by atoms with Gasteiger partial charge in [-0.3, -0.25) is 4.90 Å². The van der Waals surface area contributed by atoms with Gasteiger partial charge in [0.15, 0.2) is 5.76 Å². The van der Waals surface area contributed by atoms with E-state index in [9.17, 15) is 0 Å². The largest absolute Gasteiger partial charge is 0.461 e. The van der Waals surface area contributed by atoms with Crippen molar-refractivity contribution in [3.63, 3.8) is 0 Å². The normalized spacial score (nSPS) is 22.9. The summed E-state index contributed by atoms with van der Waals surface area (Å²) in [5.74, 6) is 2.32. The maximum Gasteiger partial charge on any atom is 0.241 e. The first-order chi connectivity index (χ1) is 9.26. The first-order valence-corrected chi connectivity index (χ1v) is 6.57. The summed E-state index contributed by atoms with van der Waals surface area (Å²) in [5.41, 5.74) is 5.73. The smallest absolute Gasteiger partial charge is 0.241 e. The third-order valence-electron chi connectivity index (χ3n) is 3.67. The number of furan rings is 1. The van der Waals surface area contributed by atoms with Crippen LogP contribution in [0.1, 0.15) is 19.2 Å². The van der Waals surface area contributed by atoms with Crippen molar-refractivity contribution in [3.05, 3.63) is 24.3 Å². The summed E-state index contributed by atoms with van der Waals surface area (Å²) in [4.78, 5) is 6.69. The fourth-order valence-electron chi connectivity index (χ4n) is 2.61. The monoisotopic (exact) mass is 298 g/mol. The Morgan fingerprint density at radius 3 is 3.00 bits per heavy atom. The van der Waals surface area contributed by atoms with Crippen LogP contribution in [0.3, 0.4) is 0 Å². The van der Waals surface area contributed by atoms with Crippen molar-refractivity contribution in [1.82, 2.24) is 15.0 Å². The zero-order valence-corrected chi connectivity index (χ0v) is 12.2. The lowest BCUT2D eigenvalue weighted by Gasteiger charge is -2.18. The molecule has 20 heavy (non-hydrogen) atoms. The van der Waals surface area contributed by atoms with Crippen molar-refractivity contribution >= 4 is 12.4 Å². The summed E-state index contributed by atoms with van der Waals surface area (Å²) in [6, 6.07) is 4.13. The summed E-state index contributed by atoms with van der Waals surface area (Å²) in [7, 11) is 0. The van der Waals surface area contributed by atoms with Crippen molar-refractivity contribution in [2.75, 3.05) is 13.1 Å². The number of likely N-dealkylation sites (tertiary alicyclic amines) is 1. The summed E-state index contributed by atoms with van der Waals surface area (Å²) < 4.78 is 10.5. The molecule has 7 heteroatoms. The molecule has 1 saturated heterocycles. The van der Waals surface area contributed by atoms with Crippen LogP contribution in [0.25, 0.3) is 11.6 Å².